The zero-order chi connectivity index (χ0) is 82.6. The maximum Gasteiger partial charge on any atom is 0.472 e. The fourth-order valence-corrected chi connectivity index (χ4v) is 16.4. The molecule has 113 heavy (non-hydrogen) atoms. The quantitative estimate of drug-likeness (QED) is 0.0222. The van der Waals surface area contributed by atoms with Crippen LogP contribution < -0.4 is 0 Å². The summed E-state index contributed by atoms with van der Waals surface area (Å²) in [6.45, 7) is 7.49. The third-order valence-corrected chi connectivity index (χ3v) is 24.5. The molecule has 0 aromatic carbocycles. The average Bonchev–Trinajstić information content (AvgIpc) is 0.897. The number of esters is 4. The van der Waals surface area contributed by atoms with Crippen LogP contribution in [0.4, 0.5) is 0 Å². The van der Waals surface area contributed by atoms with Crippen molar-refractivity contribution in [2.45, 2.75) is 534 Å². The molecule has 19 heteroatoms. The lowest BCUT2D eigenvalue weighted by Gasteiger charge is -2.21. The monoisotopic (exact) mass is 1650 g/mol. The van der Waals surface area contributed by atoms with Gasteiger partial charge in [0.05, 0.1) is 26.4 Å². The third kappa shape index (κ3) is 86.3. The van der Waals surface area contributed by atoms with Gasteiger partial charge in [-0.15, -0.1) is 0 Å². The van der Waals surface area contributed by atoms with Gasteiger partial charge in [0.15, 0.2) is 12.2 Å². The molecule has 0 fully saturated rings. The lowest BCUT2D eigenvalue weighted by Crippen LogP contribution is -2.30. The second kappa shape index (κ2) is 86.4. The van der Waals surface area contributed by atoms with Gasteiger partial charge in [0, 0.05) is 25.7 Å². The molecule has 0 aliphatic rings. The normalized spacial score (nSPS) is 13.9. The number of ether oxygens (including phenoxy) is 4. The SMILES string of the molecule is CCCCCCCCCCCCCCCCCCCCCCC(=O)OC[C@H](COP(=O)(O)OC[C@@H](O)COP(=O)(O)OC[C@@H](COC(=O)CCCCCCCCCCCCCCC)OC(=O)CCCCCCCCCCCCCCCCCCCC)OC(=O)CCCCCCCCCCCCCCCCCCCCC(C)CC. The second-order valence-electron chi connectivity index (χ2n) is 34.0. The molecule has 17 nitrogen and oxygen atoms in total. The molecule has 0 aliphatic heterocycles. The van der Waals surface area contributed by atoms with Crippen LogP contribution in [0, 0.1) is 5.92 Å². The van der Waals surface area contributed by atoms with Gasteiger partial charge >= 0.3 is 39.5 Å². The molecule has 3 unspecified atom stereocenters. The van der Waals surface area contributed by atoms with Crippen molar-refractivity contribution in [2.75, 3.05) is 39.6 Å². The van der Waals surface area contributed by atoms with Crippen LogP contribution in [0.2, 0.25) is 0 Å². The summed E-state index contributed by atoms with van der Waals surface area (Å²) in [7, 11) is -9.94. The number of carbonyl (C=O) groups is 4. The molecule has 0 amide bonds. The predicted octanol–water partition coefficient (Wildman–Crippen LogP) is 29.5. The number of rotatable bonds is 94. The van der Waals surface area contributed by atoms with Gasteiger partial charge in [-0.3, -0.25) is 37.3 Å². The Hall–Kier alpha value is -1.94. The van der Waals surface area contributed by atoms with Crippen LogP contribution in [-0.4, -0.2) is 96.7 Å². The van der Waals surface area contributed by atoms with Crippen molar-refractivity contribution in [1.82, 2.24) is 0 Å². The van der Waals surface area contributed by atoms with Crippen molar-refractivity contribution in [3.63, 3.8) is 0 Å². The maximum atomic E-state index is 13.2. The summed E-state index contributed by atoms with van der Waals surface area (Å²) in [5.74, 6) is -1.22. The molecule has 0 rings (SSSR count). The van der Waals surface area contributed by atoms with Gasteiger partial charge in [-0.05, 0) is 31.6 Å². The number of phosphoric acid groups is 2. The molecule has 0 aromatic heterocycles. The minimum Gasteiger partial charge on any atom is -0.462 e. The van der Waals surface area contributed by atoms with Gasteiger partial charge in [-0.25, -0.2) is 9.13 Å². The predicted molar refractivity (Wildman–Crippen MR) is 469 cm³/mol. The van der Waals surface area contributed by atoms with Crippen LogP contribution in [-0.2, 0) is 65.4 Å². The largest absolute Gasteiger partial charge is 0.472 e. The van der Waals surface area contributed by atoms with E-state index in [-0.39, 0.29) is 25.7 Å². The van der Waals surface area contributed by atoms with E-state index in [1.165, 1.54) is 340 Å². The topological polar surface area (TPSA) is 237 Å². The highest BCUT2D eigenvalue weighted by atomic mass is 31.2. The Morgan fingerprint density at radius 1 is 0.248 bits per heavy atom. The maximum absolute atomic E-state index is 13.2. The summed E-state index contributed by atoms with van der Waals surface area (Å²) < 4.78 is 69.2. The van der Waals surface area contributed by atoms with E-state index in [0.717, 1.165) is 95.8 Å². The zero-order valence-electron chi connectivity index (χ0n) is 74.5. The van der Waals surface area contributed by atoms with Crippen LogP contribution >= 0.6 is 15.6 Å². The number of unbranched alkanes of at least 4 members (excludes halogenated alkanes) is 65. The molecule has 0 saturated carbocycles. The first-order chi connectivity index (χ1) is 55.1. The summed E-state index contributed by atoms with van der Waals surface area (Å²) in [6.07, 6.45) is 83.3. The Labute approximate surface area is 696 Å². The van der Waals surface area contributed by atoms with E-state index in [1.807, 2.05) is 0 Å². The zero-order valence-corrected chi connectivity index (χ0v) is 76.3. The Morgan fingerprint density at radius 3 is 0.628 bits per heavy atom. The highest BCUT2D eigenvalue weighted by Gasteiger charge is 2.31. The number of phosphoric ester groups is 2. The fraction of sp³-hybridized carbons (Fsp3) is 0.957. The van der Waals surface area contributed by atoms with Crippen molar-refractivity contribution in [3.05, 3.63) is 0 Å². The summed E-state index contributed by atoms with van der Waals surface area (Å²) in [5, 5.41) is 10.7. The number of hydrogen-bond donors (Lipinski definition) is 3. The van der Waals surface area contributed by atoms with E-state index in [0.29, 0.717) is 25.7 Å². The van der Waals surface area contributed by atoms with E-state index in [9.17, 15) is 43.2 Å². The first kappa shape index (κ1) is 111. The van der Waals surface area contributed by atoms with Crippen molar-refractivity contribution < 1.29 is 80.2 Å². The molecule has 0 saturated heterocycles. The Kier molecular flexibility index (Phi) is 85.0. The molecule has 0 aromatic rings. The highest BCUT2D eigenvalue weighted by Crippen LogP contribution is 2.45. The molecule has 0 spiro atoms. The Balaban J connectivity index is 5.25. The molecule has 672 valence electrons. The molecule has 0 bridgehead atoms. The summed E-state index contributed by atoms with van der Waals surface area (Å²) in [6, 6.07) is 0. The van der Waals surface area contributed by atoms with Crippen molar-refractivity contribution in [1.29, 1.82) is 0 Å². The summed E-state index contributed by atoms with van der Waals surface area (Å²) >= 11 is 0. The van der Waals surface area contributed by atoms with Gasteiger partial charge in [0.2, 0.25) is 0 Å². The number of aliphatic hydroxyl groups is 1. The van der Waals surface area contributed by atoms with Gasteiger partial charge in [0.1, 0.15) is 19.3 Å². The molecule has 0 radical (unpaired) electrons. The van der Waals surface area contributed by atoms with Crippen LogP contribution in [0.5, 0.6) is 0 Å². The van der Waals surface area contributed by atoms with Crippen LogP contribution in [0.15, 0.2) is 0 Å². The van der Waals surface area contributed by atoms with Crippen LogP contribution in [0.25, 0.3) is 0 Å². The number of hydrogen-bond acceptors (Lipinski definition) is 15. The van der Waals surface area contributed by atoms with E-state index >= 15 is 0 Å². The molecular formula is C94H184O17P2. The van der Waals surface area contributed by atoms with Gasteiger partial charge < -0.3 is 33.8 Å². The van der Waals surface area contributed by atoms with Crippen molar-refractivity contribution in [3.8, 4) is 0 Å². The van der Waals surface area contributed by atoms with Gasteiger partial charge in [-0.1, -0.05) is 465 Å². The second-order valence-corrected chi connectivity index (χ2v) is 36.9. The lowest BCUT2D eigenvalue weighted by atomic mass is 9.99. The standard InChI is InChI=1S/C94H184O17P2/c1-6-10-13-16-19-22-25-28-30-32-34-35-40-43-48-53-58-63-68-73-78-92(97)105-84-90(111-94(99)80-75-70-65-60-55-50-45-41-37-36-38-42-47-51-56-61-66-71-76-87(5)9-4)86-109-113(102,103)107-82-88(95)81-106-112(100,101)108-85-89(83-104-91(96)77-72-67-62-57-52-46-27-24-21-18-15-12-8-3)110-93(98)79-74-69-64-59-54-49-44-39-33-31-29-26-23-20-17-14-11-7-2/h87-90,95H,6-86H2,1-5H3,(H,100,101)(H,102,103)/t87?,88-,89+,90+/m0/s1. The molecule has 0 aliphatic carbocycles. The van der Waals surface area contributed by atoms with E-state index in [4.69, 9.17) is 37.0 Å². The summed E-state index contributed by atoms with van der Waals surface area (Å²) in [5.41, 5.74) is 0. The van der Waals surface area contributed by atoms with E-state index in [2.05, 4.69) is 34.6 Å². The first-order valence-corrected chi connectivity index (χ1v) is 51.7. The smallest absolute Gasteiger partial charge is 0.462 e. The van der Waals surface area contributed by atoms with Crippen LogP contribution in [0.3, 0.4) is 0 Å². The molecule has 3 N–H and O–H groups in total. The minimum atomic E-state index is -4.97. The average molecular weight is 1650 g/mol. The van der Waals surface area contributed by atoms with E-state index in [1.54, 1.807) is 0 Å². The Bertz CT molecular complexity index is 2140. The van der Waals surface area contributed by atoms with E-state index < -0.39 is 97.5 Å². The molecular weight excluding hydrogens is 1460 g/mol. The summed E-state index contributed by atoms with van der Waals surface area (Å²) in [4.78, 5) is 73.5. The van der Waals surface area contributed by atoms with Crippen molar-refractivity contribution in [2.24, 2.45) is 5.92 Å². The highest BCUT2D eigenvalue weighted by molar-refractivity contribution is 7.47. The number of aliphatic hydroxyl groups excluding tert-OH is 1. The lowest BCUT2D eigenvalue weighted by molar-refractivity contribution is -0.161. The first-order valence-electron chi connectivity index (χ1n) is 48.7. The van der Waals surface area contributed by atoms with Crippen molar-refractivity contribution >= 4 is 39.5 Å². The molecule has 0 heterocycles. The number of carbonyl (C=O) groups excluding carboxylic acids is 4. The Morgan fingerprint density at radius 2 is 0.425 bits per heavy atom. The minimum absolute atomic E-state index is 0.110. The molecule has 6 atom stereocenters. The van der Waals surface area contributed by atoms with Gasteiger partial charge in [-0.2, -0.15) is 0 Å². The van der Waals surface area contributed by atoms with Gasteiger partial charge in [0.25, 0.3) is 0 Å². The van der Waals surface area contributed by atoms with Crippen LogP contribution in [0.1, 0.15) is 516 Å². The third-order valence-electron chi connectivity index (χ3n) is 22.6. The fourth-order valence-electron chi connectivity index (χ4n) is 14.9.